The van der Waals surface area contributed by atoms with Gasteiger partial charge in [-0.05, 0) is 0 Å². The fourth-order valence-corrected chi connectivity index (χ4v) is 1.13. The second-order valence-electron chi connectivity index (χ2n) is 2.90. The zero-order valence-electron chi connectivity index (χ0n) is 8.49. The highest BCUT2D eigenvalue weighted by atomic mass is 16.5. The molecule has 0 saturated carbocycles. The molecule has 1 rings (SSSR count). The molecule has 0 N–H and O–H groups in total. The lowest BCUT2D eigenvalue weighted by Gasteiger charge is -2.04. The molecule has 0 aromatic carbocycles. The Kier molecular flexibility index (Phi) is 4.04. The van der Waals surface area contributed by atoms with Crippen LogP contribution in [0, 0.1) is 0 Å². The third kappa shape index (κ3) is 2.80. The summed E-state index contributed by atoms with van der Waals surface area (Å²) in [5, 5.41) is 0. The number of hydrogen-bond donors (Lipinski definition) is 0. The molecule has 76 valence electrons. The zero-order chi connectivity index (χ0) is 10.4. The summed E-state index contributed by atoms with van der Waals surface area (Å²) < 4.78 is 5.03. The molecule has 1 aromatic rings. The van der Waals surface area contributed by atoms with E-state index in [0.717, 1.165) is 5.69 Å². The van der Waals surface area contributed by atoms with Crippen molar-refractivity contribution in [3.8, 4) is 5.88 Å². The Labute approximate surface area is 83.3 Å². The zero-order valence-corrected chi connectivity index (χ0v) is 8.49. The number of hydrogen-bond acceptors (Lipinski definition) is 4. The molecular formula is C10H14N2O2. The largest absolute Gasteiger partial charge is 0.480 e. The molecule has 0 spiro atoms. The highest BCUT2D eigenvalue weighted by molar-refractivity contribution is 5.78. The van der Waals surface area contributed by atoms with Crippen LogP contribution in [0.3, 0.4) is 0 Å². The molecule has 0 atom stereocenters. The Balaban J connectivity index is 2.61. The molecule has 0 saturated heterocycles. The van der Waals surface area contributed by atoms with Crippen LogP contribution >= 0.6 is 0 Å². The number of carbonyl (C=O) groups is 1. The molecule has 1 aromatic heterocycles. The van der Waals surface area contributed by atoms with Crippen LogP contribution in [-0.4, -0.2) is 22.9 Å². The molecule has 0 fully saturated rings. The minimum absolute atomic E-state index is 0.234. The monoisotopic (exact) mass is 194 g/mol. The Morgan fingerprint density at radius 2 is 2.14 bits per heavy atom. The normalized spacial score (nSPS) is 9.86. The summed E-state index contributed by atoms with van der Waals surface area (Å²) in [5.41, 5.74) is 0.747. The van der Waals surface area contributed by atoms with Crippen LogP contribution in [0.2, 0.25) is 0 Å². The third-order valence-corrected chi connectivity index (χ3v) is 1.96. The third-order valence-electron chi connectivity index (χ3n) is 1.96. The van der Waals surface area contributed by atoms with Gasteiger partial charge in [-0.2, -0.15) is 0 Å². The Bertz CT molecular complexity index is 313. The van der Waals surface area contributed by atoms with Gasteiger partial charge in [0.15, 0.2) is 0 Å². The quantitative estimate of drug-likeness (QED) is 0.710. The van der Waals surface area contributed by atoms with Crippen molar-refractivity contribution in [1.29, 1.82) is 0 Å². The van der Waals surface area contributed by atoms with Gasteiger partial charge < -0.3 is 4.74 Å². The first-order valence-electron chi connectivity index (χ1n) is 4.63. The van der Waals surface area contributed by atoms with E-state index in [2.05, 4.69) is 9.97 Å². The van der Waals surface area contributed by atoms with Crippen molar-refractivity contribution < 1.29 is 9.53 Å². The predicted molar refractivity (Wildman–Crippen MR) is 52.2 cm³/mol. The maximum Gasteiger partial charge on any atom is 0.235 e. The fraction of sp³-hybridized carbons (Fsp3) is 0.500. The molecule has 0 bridgehead atoms. The minimum atomic E-state index is 0.234. The standard InChI is InChI=1S/C10H14N2O2/c1-3-8(13)4-5-9-10(14-2)12-7-6-11-9/h6-7H,3-5H2,1-2H3. The van der Waals surface area contributed by atoms with E-state index < -0.39 is 0 Å². The first-order valence-corrected chi connectivity index (χ1v) is 4.63. The van der Waals surface area contributed by atoms with Gasteiger partial charge in [0.25, 0.3) is 0 Å². The first kappa shape index (κ1) is 10.6. The van der Waals surface area contributed by atoms with Gasteiger partial charge in [0.05, 0.1) is 7.11 Å². The molecule has 14 heavy (non-hydrogen) atoms. The van der Waals surface area contributed by atoms with Crippen molar-refractivity contribution in [2.24, 2.45) is 0 Å². The highest BCUT2D eigenvalue weighted by Crippen LogP contribution is 2.12. The number of aryl methyl sites for hydroxylation is 1. The van der Waals surface area contributed by atoms with Gasteiger partial charge >= 0.3 is 0 Å². The fourth-order valence-electron chi connectivity index (χ4n) is 1.13. The number of Topliss-reactive ketones (excluding diaryl/α,β-unsaturated/α-hetero) is 1. The SMILES string of the molecule is CCC(=O)CCc1nccnc1OC. The molecule has 0 unspecified atom stereocenters. The number of carbonyl (C=O) groups excluding carboxylic acids is 1. The van der Waals surface area contributed by atoms with E-state index >= 15 is 0 Å². The molecule has 1 heterocycles. The number of nitrogens with zero attached hydrogens (tertiary/aromatic N) is 2. The minimum Gasteiger partial charge on any atom is -0.480 e. The summed E-state index contributed by atoms with van der Waals surface area (Å²) in [6.45, 7) is 1.86. The maximum absolute atomic E-state index is 11.1. The summed E-state index contributed by atoms with van der Waals surface area (Å²) in [7, 11) is 1.55. The Hall–Kier alpha value is -1.45. The van der Waals surface area contributed by atoms with Gasteiger partial charge in [-0.1, -0.05) is 6.92 Å². The average molecular weight is 194 g/mol. The highest BCUT2D eigenvalue weighted by Gasteiger charge is 2.06. The van der Waals surface area contributed by atoms with Gasteiger partial charge in [-0.3, -0.25) is 9.78 Å². The van der Waals surface area contributed by atoms with Gasteiger partial charge in [-0.15, -0.1) is 0 Å². The molecule has 0 aliphatic rings. The van der Waals surface area contributed by atoms with E-state index in [1.165, 1.54) is 0 Å². The number of ether oxygens (including phenoxy) is 1. The van der Waals surface area contributed by atoms with E-state index in [0.29, 0.717) is 25.1 Å². The lowest BCUT2D eigenvalue weighted by Crippen LogP contribution is -2.02. The van der Waals surface area contributed by atoms with Crippen molar-refractivity contribution >= 4 is 5.78 Å². The summed E-state index contributed by atoms with van der Waals surface area (Å²) >= 11 is 0. The summed E-state index contributed by atoms with van der Waals surface area (Å²) in [5.74, 6) is 0.745. The van der Waals surface area contributed by atoms with Gasteiger partial charge in [0.1, 0.15) is 11.5 Å². The summed E-state index contributed by atoms with van der Waals surface area (Å²) in [6, 6.07) is 0. The van der Waals surface area contributed by atoms with Crippen molar-refractivity contribution in [2.75, 3.05) is 7.11 Å². The molecule has 0 radical (unpaired) electrons. The molecule has 0 aliphatic carbocycles. The average Bonchev–Trinajstić information content (AvgIpc) is 2.26. The van der Waals surface area contributed by atoms with E-state index in [4.69, 9.17) is 4.74 Å². The Morgan fingerprint density at radius 1 is 1.43 bits per heavy atom. The smallest absolute Gasteiger partial charge is 0.235 e. The molecular weight excluding hydrogens is 180 g/mol. The Morgan fingerprint density at radius 3 is 2.79 bits per heavy atom. The van der Waals surface area contributed by atoms with Crippen LogP contribution in [0.15, 0.2) is 12.4 Å². The van der Waals surface area contributed by atoms with Gasteiger partial charge in [-0.25, -0.2) is 4.98 Å². The van der Waals surface area contributed by atoms with E-state index in [-0.39, 0.29) is 5.78 Å². The predicted octanol–water partition coefficient (Wildman–Crippen LogP) is 1.40. The van der Waals surface area contributed by atoms with E-state index in [1.54, 1.807) is 19.5 Å². The molecule has 4 nitrogen and oxygen atoms in total. The number of ketones is 1. The topological polar surface area (TPSA) is 52.1 Å². The maximum atomic E-state index is 11.1. The van der Waals surface area contributed by atoms with Crippen LogP contribution in [0.5, 0.6) is 5.88 Å². The number of aromatic nitrogens is 2. The van der Waals surface area contributed by atoms with Gasteiger partial charge in [0, 0.05) is 31.7 Å². The number of methoxy groups -OCH3 is 1. The van der Waals surface area contributed by atoms with E-state index in [1.807, 2.05) is 6.92 Å². The van der Waals surface area contributed by atoms with Crippen molar-refractivity contribution in [3.63, 3.8) is 0 Å². The van der Waals surface area contributed by atoms with Crippen molar-refractivity contribution in [2.45, 2.75) is 26.2 Å². The lowest BCUT2D eigenvalue weighted by atomic mass is 10.1. The number of rotatable bonds is 5. The summed E-state index contributed by atoms with van der Waals surface area (Å²) in [4.78, 5) is 19.2. The lowest BCUT2D eigenvalue weighted by molar-refractivity contribution is -0.118. The molecule has 0 amide bonds. The van der Waals surface area contributed by atoms with Crippen LogP contribution < -0.4 is 4.74 Å². The van der Waals surface area contributed by atoms with Gasteiger partial charge in [0.2, 0.25) is 5.88 Å². The van der Waals surface area contributed by atoms with E-state index in [9.17, 15) is 4.79 Å². The second kappa shape index (κ2) is 5.32. The van der Waals surface area contributed by atoms with Crippen LogP contribution in [0.25, 0.3) is 0 Å². The van der Waals surface area contributed by atoms with Crippen molar-refractivity contribution in [1.82, 2.24) is 9.97 Å². The first-order chi connectivity index (χ1) is 6.77. The molecule has 4 heteroatoms. The summed E-state index contributed by atoms with van der Waals surface area (Å²) in [6.07, 6.45) is 4.86. The van der Waals surface area contributed by atoms with Crippen LogP contribution in [0.1, 0.15) is 25.5 Å². The molecule has 0 aliphatic heterocycles. The van der Waals surface area contributed by atoms with Crippen molar-refractivity contribution in [3.05, 3.63) is 18.1 Å². The van der Waals surface area contributed by atoms with Crippen LogP contribution in [-0.2, 0) is 11.2 Å². The second-order valence-corrected chi connectivity index (χ2v) is 2.90. The van der Waals surface area contributed by atoms with Crippen LogP contribution in [0.4, 0.5) is 0 Å².